The molecule has 0 aliphatic carbocycles. The van der Waals surface area contributed by atoms with E-state index in [1.807, 2.05) is 31.2 Å². The molecule has 0 aliphatic rings. The summed E-state index contributed by atoms with van der Waals surface area (Å²) in [5.74, 6) is -0.101. The quantitative estimate of drug-likeness (QED) is 0.726. The second-order valence-electron chi connectivity index (χ2n) is 4.64. The van der Waals surface area contributed by atoms with Crippen LogP contribution in [0, 0.1) is 0 Å². The van der Waals surface area contributed by atoms with Crippen molar-refractivity contribution in [1.82, 2.24) is 5.32 Å². The lowest BCUT2D eigenvalue weighted by Crippen LogP contribution is -2.23. The first-order valence-electron chi connectivity index (χ1n) is 6.76. The summed E-state index contributed by atoms with van der Waals surface area (Å²) in [4.78, 5) is 12.0. The molecule has 4 nitrogen and oxygen atoms in total. The molecule has 0 saturated carbocycles. The largest absolute Gasteiger partial charge is 0.399 e. The Balaban J connectivity index is 2.16. The van der Waals surface area contributed by atoms with Crippen molar-refractivity contribution in [3.63, 3.8) is 0 Å². The third-order valence-electron chi connectivity index (χ3n) is 3.02. The lowest BCUT2D eigenvalue weighted by atomic mass is 10.1. The normalized spacial score (nSPS) is 10.2. The Hall–Kier alpha value is -2.01. The Bertz CT molecular complexity index is 626. The molecule has 0 heterocycles. The van der Waals surface area contributed by atoms with Crippen LogP contribution in [0.5, 0.6) is 0 Å². The van der Waals surface area contributed by atoms with E-state index in [1.54, 1.807) is 18.2 Å². The van der Waals surface area contributed by atoms with Gasteiger partial charge in [0.05, 0.1) is 5.56 Å². The predicted molar refractivity (Wildman–Crippen MR) is 90.3 cm³/mol. The van der Waals surface area contributed by atoms with Gasteiger partial charge in [-0.05, 0) is 42.8 Å². The average Bonchev–Trinajstić information content (AvgIpc) is 2.47. The van der Waals surface area contributed by atoms with Crippen molar-refractivity contribution in [2.75, 3.05) is 17.6 Å². The monoisotopic (exact) mass is 347 g/mol. The highest BCUT2D eigenvalue weighted by Gasteiger charge is 2.10. The van der Waals surface area contributed by atoms with E-state index in [9.17, 15) is 4.79 Å². The van der Waals surface area contributed by atoms with Gasteiger partial charge in [0.1, 0.15) is 0 Å². The van der Waals surface area contributed by atoms with Gasteiger partial charge in [0.2, 0.25) is 0 Å². The molecule has 2 aromatic carbocycles. The number of amides is 1. The van der Waals surface area contributed by atoms with Gasteiger partial charge in [0.15, 0.2) is 0 Å². The molecular weight excluding hydrogens is 330 g/mol. The molecule has 0 fully saturated rings. The number of halogens is 1. The molecule has 0 aromatic heterocycles. The second-order valence-corrected chi connectivity index (χ2v) is 5.56. The number of nitrogens with one attached hydrogen (secondary N) is 2. The standard InChI is InChI=1S/C16H18BrN3O/c1-2-19-16(21)14-8-7-13(18)9-15(14)20-10-11-3-5-12(17)6-4-11/h3-9,20H,2,10,18H2,1H3,(H,19,21). The van der Waals surface area contributed by atoms with Gasteiger partial charge in [-0.2, -0.15) is 0 Å². The summed E-state index contributed by atoms with van der Waals surface area (Å²) in [6.45, 7) is 3.11. The zero-order valence-electron chi connectivity index (χ0n) is 11.8. The lowest BCUT2D eigenvalue weighted by molar-refractivity contribution is 0.0956. The molecule has 0 saturated heterocycles. The first-order valence-corrected chi connectivity index (χ1v) is 7.55. The maximum Gasteiger partial charge on any atom is 0.253 e. The maximum atomic E-state index is 12.0. The summed E-state index contributed by atoms with van der Waals surface area (Å²) >= 11 is 3.41. The van der Waals surface area contributed by atoms with Gasteiger partial charge < -0.3 is 16.4 Å². The van der Waals surface area contributed by atoms with E-state index < -0.39 is 0 Å². The average molecular weight is 348 g/mol. The Morgan fingerprint density at radius 2 is 1.90 bits per heavy atom. The van der Waals surface area contributed by atoms with E-state index in [-0.39, 0.29) is 5.91 Å². The lowest BCUT2D eigenvalue weighted by Gasteiger charge is -2.13. The zero-order chi connectivity index (χ0) is 15.2. The summed E-state index contributed by atoms with van der Waals surface area (Å²) < 4.78 is 1.04. The zero-order valence-corrected chi connectivity index (χ0v) is 13.4. The number of anilines is 2. The van der Waals surface area contributed by atoms with Crippen molar-refractivity contribution < 1.29 is 4.79 Å². The van der Waals surface area contributed by atoms with Crippen LogP contribution in [0.25, 0.3) is 0 Å². The number of hydrogen-bond donors (Lipinski definition) is 3. The molecule has 0 bridgehead atoms. The number of nitrogen functional groups attached to an aromatic ring is 1. The van der Waals surface area contributed by atoms with Crippen molar-refractivity contribution >= 4 is 33.2 Å². The van der Waals surface area contributed by atoms with Gasteiger partial charge in [0, 0.05) is 28.9 Å². The summed E-state index contributed by atoms with van der Waals surface area (Å²) in [5, 5.41) is 6.07. The predicted octanol–water partition coefficient (Wildman–Crippen LogP) is 3.39. The molecule has 0 radical (unpaired) electrons. The molecule has 4 N–H and O–H groups in total. The number of carbonyl (C=O) groups is 1. The smallest absolute Gasteiger partial charge is 0.253 e. The van der Waals surface area contributed by atoms with Crippen LogP contribution < -0.4 is 16.4 Å². The van der Waals surface area contributed by atoms with E-state index in [1.165, 1.54) is 0 Å². The molecule has 2 aromatic rings. The highest BCUT2D eigenvalue weighted by Crippen LogP contribution is 2.20. The summed E-state index contributed by atoms with van der Waals surface area (Å²) in [5.41, 5.74) is 8.91. The van der Waals surface area contributed by atoms with Crippen LogP contribution in [0.4, 0.5) is 11.4 Å². The molecule has 1 amide bonds. The Morgan fingerprint density at radius 1 is 1.19 bits per heavy atom. The third kappa shape index (κ3) is 4.23. The molecule has 0 atom stereocenters. The maximum absolute atomic E-state index is 12.0. The minimum atomic E-state index is -0.101. The van der Waals surface area contributed by atoms with Crippen molar-refractivity contribution in [1.29, 1.82) is 0 Å². The molecular formula is C16H18BrN3O. The van der Waals surface area contributed by atoms with Gasteiger partial charge in [-0.15, -0.1) is 0 Å². The molecule has 21 heavy (non-hydrogen) atoms. The van der Waals surface area contributed by atoms with E-state index in [0.717, 1.165) is 15.7 Å². The fraction of sp³-hybridized carbons (Fsp3) is 0.188. The number of nitrogens with two attached hydrogens (primary N) is 1. The minimum Gasteiger partial charge on any atom is -0.399 e. The SMILES string of the molecule is CCNC(=O)c1ccc(N)cc1NCc1ccc(Br)cc1. The van der Waals surface area contributed by atoms with Crippen LogP contribution >= 0.6 is 15.9 Å². The summed E-state index contributed by atoms with van der Waals surface area (Å²) in [6.07, 6.45) is 0. The van der Waals surface area contributed by atoms with Crippen molar-refractivity contribution in [3.05, 3.63) is 58.1 Å². The molecule has 0 spiro atoms. The van der Waals surface area contributed by atoms with Crippen LogP contribution in [0.2, 0.25) is 0 Å². The van der Waals surface area contributed by atoms with Crippen molar-refractivity contribution in [3.8, 4) is 0 Å². The molecule has 110 valence electrons. The highest BCUT2D eigenvalue weighted by atomic mass is 79.9. The van der Waals surface area contributed by atoms with Gasteiger partial charge in [0.25, 0.3) is 5.91 Å². The fourth-order valence-corrected chi connectivity index (χ4v) is 2.23. The van der Waals surface area contributed by atoms with Gasteiger partial charge in [-0.25, -0.2) is 0 Å². The number of carbonyl (C=O) groups excluding carboxylic acids is 1. The fourth-order valence-electron chi connectivity index (χ4n) is 1.96. The highest BCUT2D eigenvalue weighted by molar-refractivity contribution is 9.10. The number of rotatable bonds is 5. The summed E-state index contributed by atoms with van der Waals surface area (Å²) in [7, 11) is 0. The summed E-state index contributed by atoms with van der Waals surface area (Å²) in [6, 6.07) is 13.3. The minimum absolute atomic E-state index is 0.101. The molecule has 0 aliphatic heterocycles. The van der Waals surface area contributed by atoms with E-state index in [0.29, 0.717) is 24.3 Å². The molecule has 2 rings (SSSR count). The van der Waals surface area contributed by atoms with Crippen LogP contribution in [0.15, 0.2) is 46.9 Å². The van der Waals surface area contributed by atoms with E-state index in [2.05, 4.69) is 26.6 Å². The van der Waals surface area contributed by atoms with E-state index >= 15 is 0 Å². The Labute approximate surface area is 132 Å². The first kappa shape index (κ1) is 15.4. The van der Waals surface area contributed by atoms with Crippen LogP contribution in [0.1, 0.15) is 22.8 Å². The topological polar surface area (TPSA) is 67.2 Å². The third-order valence-corrected chi connectivity index (χ3v) is 3.55. The van der Waals surface area contributed by atoms with Crippen molar-refractivity contribution in [2.24, 2.45) is 0 Å². The molecule has 5 heteroatoms. The van der Waals surface area contributed by atoms with Crippen molar-refractivity contribution in [2.45, 2.75) is 13.5 Å². The van der Waals surface area contributed by atoms with Crippen LogP contribution in [-0.2, 0) is 6.54 Å². The van der Waals surface area contributed by atoms with Gasteiger partial charge in [-0.1, -0.05) is 28.1 Å². The van der Waals surface area contributed by atoms with Gasteiger partial charge >= 0.3 is 0 Å². The van der Waals surface area contributed by atoms with Crippen LogP contribution in [-0.4, -0.2) is 12.5 Å². The molecule has 0 unspecified atom stereocenters. The number of benzene rings is 2. The first-order chi connectivity index (χ1) is 10.1. The second kappa shape index (κ2) is 7.13. The van der Waals surface area contributed by atoms with Gasteiger partial charge in [-0.3, -0.25) is 4.79 Å². The Kier molecular flexibility index (Phi) is 5.22. The Morgan fingerprint density at radius 3 is 2.57 bits per heavy atom. The van der Waals surface area contributed by atoms with Crippen LogP contribution in [0.3, 0.4) is 0 Å². The van der Waals surface area contributed by atoms with E-state index in [4.69, 9.17) is 5.73 Å². The number of hydrogen-bond acceptors (Lipinski definition) is 3.